The largest absolute Gasteiger partial charge is 0.495 e. The van der Waals surface area contributed by atoms with Crippen LogP contribution in [0.2, 0.25) is 0 Å². The van der Waals surface area contributed by atoms with Gasteiger partial charge in [0.15, 0.2) is 0 Å². The van der Waals surface area contributed by atoms with Gasteiger partial charge in [0.25, 0.3) is 15.9 Å². The number of carbonyl (C=O) groups excluding carboxylic acids is 1. The van der Waals surface area contributed by atoms with Crippen LogP contribution in [0.25, 0.3) is 0 Å². The minimum atomic E-state index is -4.04. The number of amides is 1. The van der Waals surface area contributed by atoms with Crippen LogP contribution in [0.15, 0.2) is 78.0 Å². The molecule has 0 radical (unpaired) electrons. The summed E-state index contributed by atoms with van der Waals surface area (Å²) in [6.07, 6.45) is 2.82. The van der Waals surface area contributed by atoms with Crippen LogP contribution >= 0.6 is 0 Å². The number of nitrogens with zero attached hydrogens (tertiary/aromatic N) is 2. The molecule has 9 heteroatoms. The Bertz CT molecular complexity index is 1140. The fraction of sp³-hybridized carbons (Fsp3) is 0.182. The third-order valence-corrected chi connectivity index (χ3v) is 5.83. The summed E-state index contributed by atoms with van der Waals surface area (Å²) in [6.45, 7) is 0.560. The van der Waals surface area contributed by atoms with Crippen molar-refractivity contribution in [3.05, 3.63) is 78.6 Å². The molecule has 2 aromatic carbocycles. The average molecular weight is 442 g/mol. The summed E-state index contributed by atoms with van der Waals surface area (Å²) in [5, 5.41) is 0. The van der Waals surface area contributed by atoms with Crippen molar-refractivity contribution < 1.29 is 22.7 Å². The summed E-state index contributed by atoms with van der Waals surface area (Å²) < 4.78 is 39.1. The predicted octanol–water partition coefficient (Wildman–Crippen LogP) is 3.04. The number of likely N-dealkylation sites (N-methyl/N-ethyl adjacent to an activating group) is 1. The van der Waals surface area contributed by atoms with E-state index in [1.807, 2.05) is 30.3 Å². The van der Waals surface area contributed by atoms with Gasteiger partial charge in [0.2, 0.25) is 0 Å². The van der Waals surface area contributed by atoms with E-state index in [-0.39, 0.29) is 29.3 Å². The lowest BCUT2D eigenvalue weighted by Crippen LogP contribution is -2.32. The predicted molar refractivity (Wildman–Crippen MR) is 117 cm³/mol. The Morgan fingerprint density at radius 1 is 1.03 bits per heavy atom. The van der Waals surface area contributed by atoms with Crippen molar-refractivity contribution >= 4 is 21.6 Å². The third kappa shape index (κ3) is 5.73. The van der Waals surface area contributed by atoms with Crippen molar-refractivity contribution in [1.82, 2.24) is 9.88 Å². The lowest BCUT2D eigenvalue weighted by molar-refractivity contribution is 0.0770. The highest BCUT2D eigenvalue weighted by Gasteiger charge is 2.24. The Labute approximate surface area is 181 Å². The molecule has 0 atom stereocenters. The van der Waals surface area contributed by atoms with E-state index in [0.29, 0.717) is 11.5 Å². The molecule has 0 spiro atoms. The van der Waals surface area contributed by atoms with Crippen LogP contribution in [-0.4, -0.2) is 51.5 Å². The normalized spacial score (nSPS) is 10.9. The van der Waals surface area contributed by atoms with E-state index in [9.17, 15) is 13.2 Å². The summed E-state index contributed by atoms with van der Waals surface area (Å²) in [5.41, 5.74) is 0.291. The van der Waals surface area contributed by atoms with Gasteiger partial charge in [0.1, 0.15) is 23.0 Å². The molecule has 0 unspecified atom stereocenters. The molecule has 0 saturated heterocycles. The van der Waals surface area contributed by atoms with Crippen molar-refractivity contribution in [2.45, 2.75) is 4.90 Å². The molecule has 0 aliphatic rings. The topological polar surface area (TPSA) is 97.8 Å². The number of aromatic nitrogens is 1. The first-order valence-electron chi connectivity index (χ1n) is 9.45. The maximum absolute atomic E-state index is 13.0. The Kier molecular flexibility index (Phi) is 7.09. The second-order valence-electron chi connectivity index (χ2n) is 6.60. The van der Waals surface area contributed by atoms with Crippen LogP contribution in [0.5, 0.6) is 11.5 Å². The van der Waals surface area contributed by atoms with Crippen LogP contribution < -0.4 is 14.2 Å². The highest BCUT2D eigenvalue weighted by atomic mass is 32.2. The van der Waals surface area contributed by atoms with Crippen molar-refractivity contribution in [2.75, 3.05) is 32.0 Å². The summed E-state index contributed by atoms with van der Waals surface area (Å²) >= 11 is 0. The smallest absolute Gasteiger partial charge is 0.262 e. The Balaban J connectivity index is 1.74. The molecule has 1 heterocycles. The van der Waals surface area contributed by atoms with Crippen LogP contribution in [0.4, 0.5) is 5.69 Å². The van der Waals surface area contributed by atoms with E-state index < -0.39 is 15.9 Å². The van der Waals surface area contributed by atoms with Gasteiger partial charge < -0.3 is 14.4 Å². The first-order valence-corrected chi connectivity index (χ1v) is 10.9. The number of sulfonamides is 1. The van der Waals surface area contributed by atoms with E-state index in [1.165, 1.54) is 42.6 Å². The number of carbonyl (C=O) groups is 1. The summed E-state index contributed by atoms with van der Waals surface area (Å²) in [5.74, 6) is 0.673. The van der Waals surface area contributed by atoms with Gasteiger partial charge in [-0.3, -0.25) is 14.5 Å². The van der Waals surface area contributed by atoms with Gasteiger partial charge in [-0.15, -0.1) is 0 Å². The molecule has 31 heavy (non-hydrogen) atoms. The molecule has 1 amide bonds. The van der Waals surface area contributed by atoms with E-state index in [4.69, 9.17) is 9.47 Å². The molecule has 1 aromatic heterocycles. The van der Waals surface area contributed by atoms with Crippen molar-refractivity contribution in [2.24, 2.45) is 0 Å². The maximum Gasteiger partial charge on any atom is 0.262 e. The minimum Gasteiger partial charge on any atom is -0.495 e. The molecule has 162 valence electrons. The van der Waals surface area contributed by atoms with Gasteiger partial charge in [0, 0.05) is 13.1 Å². The number of para-hydroxylation sites is 1. The van der Waals surface area contributed by atoms with Gasteiger partial charge in [-0.2, -0.15) is 0 Å². The molecule has 0 fully saturated rings. The Hall–Kier alpha value is -3.59. The number of methoxy groups -OCH3 is 1. The standard InChI is InChI=1S/C22H23N3O5S/c1-25(12-13-30-18-8-4-3-5-9-18)22(26)20-10-6-7-11-21(20)31(27,28)24-17-14-19(29-2)16-23-15-17/h3-11,14-16,24H,12-13H2,1-2H3. The number of anilines is 1. The number of hydrogen-bond acceptors (Lipinski definition) is 6. The summed E-state index contributed by atoms with van der Waals surface area (Å²) in [6, 6.07) is 16.8. The van der Waals surface area contributed by atoms with Crippen LogP contribution in [-0.2, 0) is 10.0 Å². The zero-order chi connectivity index (χ0) is 22.3. The molecular formula is C22H23N3O5S. The van der Waals surface area contributed by atoms with Crippen LogP contribution in [0, 0.1) is 0 Å². The van der Waals surface area contributed by atoms with Gasteiger partial charge in [-0.1, -0.05) is 30.3 Å². The van der Waals surface area contributed by atoms with Crippen molar-refractivity contribution in [1.29, 1.82) is 0 Å². The average Bonchev–Trinajstić information content (AvgIpc) is 2.79. The first kappa shape index (κ1) is 22.1. The quantitative estimate of drug-likeness (QED) is 0.548. The van der Waals surface area contributed by atoms with E-state index >= 15 is 0 Å². The van der Waals surface area contributed by atoms with Gasteiger partial charge in [0.05, 0.1) is 37.3 Å². The number of hydrogen-bond donors (Lipinski definition) is 1. The van der Waals surface area contributed by atoms with E-state index in [1.54, 1.807) is 19.2 Å². The van der Waals surface area contributed by atoms with Crippen molar-refractivity contribution in [3.8, 4) is 11.5 Å². The SMILES string of the molecule is COc1cncc(NS(=O)(=O)c2ccccc2C(=O)N(C)CCOc2ccccc2)c1. The number of rotatable bonds is 9. The zero-order valence-corrected chi connectivity index (χ0v) is 18.0. The second kappa shape index (κ2) is 9.94. The molecule has 3 aromatic rings. The zero-order valence-electron chi connectivity index (χ0n) is 17.2. The number of nitrogens with one attached hydrogen (secondary N) is 1. The Morgan fingerprint density at radius 2 is 1.74 bits per heavy atom. The molecule has 8 nitrogen and oxygen atoms in total. The number of pyridine rings is 1. The van der Waals surface area contributed by atoms with Crippen LogP contribution in [0.3, 0.4) is 0 Å². The third-order valence-electron chi connectivity index (χ3n) is 4.39. The molecule has 1 N–H and O–H groups in total. The summed E-state index contributed by atoms with van der Waals surface area (Å²) in [7, 11) is -0.980. The van der Waals surface area contributed by atoms with E-state index in [2.05, 4.69) is 9.71 Å². The molecule has 3 rings (SSSR count). The van der Waals surface area contributed by atoms with Crippen molar-refractivity contribution in [3.63, 3.8) is 0 Å². The minimum absolute atomic E-state index is 0.0630. The Morgan fingerprint density at radius 3 is 2.48 bits per heavy atom. The number of benzene rings is 2. The van der Waals surface area contributed by atoms with Gasteiger partial charge in [-0.25, -0.2) is 8.42 Å². The van der Waals surface area contributed by atoms with Gasteiger partial charge >= 0.3 is 0 Å². The summed E-state index contributed by atoms with van der Waals surface area (Å²) in [4.78, 5) is 18.2. The maximum atomic E-state index is 13.0. The fourth-order valence-electron chi connectivity index (χ4n) is 2.80. The van der Waals surface area contributed by atoms with Gasteiger partial charge in [-0.05, 0) is 24.3 Å². The van der Waals surface area contributed by atoms with Crippen LogP contribution in [0.1, 0.15) is 10.4 Å². The highest BCUT2D eigenvalue weighted by molar-refractivity contribution is 7.92. The second-order valence-corrected chi connectivity index (χ2v) is 8.25. The molecule has 0 aliphatic carbocycles. The molecule has 0 saturated carbocycles. The monoisotopic (exact) mass is 441 g/mol. The first-order chi connectivity index (χ1) is 14.9. The molecular weight excluding hydrogens is 418 g/mol. The van der Waals surface area contributed by atoms with E-state index in [0.717, 1.165) is 0 Å². The lowest BCUT2D eigenvalue weighted by atomic mass is 10.2. The lowest BCUT2D eigenvalue weighted by Gasteiger charge is -2.19. The molecule has 0 bridgehead atoms. The molecule has 0 aliphatic heterocycles. The fourth-order valence-corrected chi connectivity index (χ4v) is 4.03. The highest BCUT2D eigenvalue weighted by Crippen LogP contribution is 2.22. The number of ether oxygens (including phenoxy) is 2.